The summed E-state index contributed by atoms with van der Waals surface area (Å²) in [6.45, 7) is -2.78. The fraction of sp³-hybridized carbons (Fsp3) is 0.233. The molecule has 484 valence electrons. The summed E-state index contributed by atoms with van der Waals surface area (Å²) in [5, 5.41) is 47.0. The van der Waals surface area contributed by atoms with E-state index in [0.29, 0.717) is 67.9 Å². The topological polar surface area (TPSA) is 260 Å². The zero-order chi connectivity index (χ0) is 65.9. The molecule has 20 nitrogen and oxygen atoms in total. The van der Waals surface area contributed by atoms with Crippen LogP contribution in [0, 0.1) is 0 Å². The van der Waals surface area contributed by atoms with Crippen molar-refractivity contribution in [3.63, 3.8) is 0 Å². The van der Waals surface area contributed by atoms with E-state index in [9.17, 15) is 39.6 Å². The molecule has 0 aliphatic rings. The quantitative estimate of drug-likeness (QED) is 0.0166. The molecule has 0 saturated heterocycles. The van der Waals surface area contributed by atoms with Crippen LogP contribution < -0.4 is 37.9 Å². The van der Waals surface area contributed by atoms with Gasteiger partial charge in [-0.1, -0.05) is 72.8 Å². The van der Waals surface area contributed by atoms with Crippen LogP contribution in [-0.2, 0) is 44.5 Å². The minimum atomic E-state index is -1.30. The molecule has 8 aromatic rings. The standard InChI is InChI=1S/C73H72O20/c1-82-58-21-5-48(6-22-58)13-33-70(78)90-44-54(74)40-86-62-29-17-52-19-31-68(88-42-56(76)46-92-72(80)35-15-50-9-25-60(84-3)26-10-50)66(64(52)37-62)39-67-65-38-63(87-41-55(75)45-91-71(79)34-14-49-7-23-59(83-2)24-8-49)30-18-53(65)20-32-69(67)89-43-57(77)47-93-73(81)36-16-51-11-27-61(85-4)28-12-51/h5-38,54-57,74-77H,39-47H2,1-4H3/b33-13+,34-14+,35-15+,36-16+. The Balaban J connectivity index is 1.04. The number of rotatable bonds is 34. The third-order valence-corrected chi connectivity index (χ3v) is 14.0. The van der Waals surface area contributed by atoms with Crippen molar-refractivity contribution >= 4 is 69.7 Å². The molecule has 8 rings (SSSR count). The molecule has 93 heavy (non-hydrogen) atoms. The monoisotopic (exact) mass is 1270 g/mol. The molecule has 0 radical (unpaired) electrons. The lowest BCUT2D eigenvalue weighted by Gasteiger charge is -2.21. The number of carbonyl (C=O) groups is 4. The van der Waals surface area contributed by atoms with Crippen LogP contribution in [0.15, 0.2) is 182 Å². The first-order valence-corrected chi connectivity index (χ1v) is 29.4. The SMILES string of the molecule is COc1ccc(/C=C/C(=O)OCC(O)COc2ccc3ccc(OCC(O)COC(=O)/C=C/c4ccc(OC)cc4)c(Cc4c(OCC(O)COC(=O)/C=C/c5ccc(OC)cc5)ccc5ccc(OCC(O)COC(=O)/C=C/c6ccc(OC)cc6)cc45)c3c2)cc1. The van der Waals surface area contributed by atoms with Gasteiger partial charge >= 0.3 is 23.9 Å². The lowest BCUT2D eigenvalue weighted by atomic mass is 9.93. The van der Waals surface area contributed by atoms with Gasteiger partial charge in [0.1, 0.15) is 123 Å². The van der Waals surface area contributed by atoms with Crippen molar-refractivity contribution in [3.05, 3.63) is 215 Å². The van der Waals surface area contributed by atoms with Gasteiger partial charge in [0.2, 0.25) is 0 Å². The van der Waals surface area contributed by atoms with Crippen molar-refractivity contribution in [2.24, 2.45) is 0 Å². The third-order valence-electron chi connectivity index (χ3n) is 14.0. The van der Waals surface area contributed by atoms with Crippen molar-refractivity contribution in [3.8, 4) is 46.0 Å². The maximum atomic E-state index is 12.8. The fourth-order valence-electron chi connectivity index (χ4n) is 9.05. The van der Waals surface area contributed by atoms with E-state index in [1.165, 1.54) is 24.3 Å². The second-order valence-corrected chi connectivity index (χ2v) is 20.8. The highest BCUT2D eigenvalue weighted by atomic mass is 16.6. The van der Waals surface area contributed by atoms with E-state index in [0.717, 1.165) is 33.0 Å². The molecule has 0 amide bonds. The average molecular weight is 1270 g/mol. The zero-order valence-electron chi connectivity index (χ0n) is 51.6. The van der Waals surface area contributed by atoms with Crippen molar-refractivity contribution in [1.29, 1.82) is 0 Å². The highest BCUT2D eigenvalue weighted by molar-refractivity contribution is 5.93. The van der Waals surface area contributed by atoms with Crippen LogP contribution in [0.25, 0.3) is 45.8 Å². The lowest BCUT2D eigenvalue weighted by Crippen LogP contribution is -2.25. The first-order valence-electron chi connectivity index (χ1n) is 29.4. The van der Waals surface area contributed by atoms with E-state index in [-0.39, 0.29) is 46.1 Å². The van der Waals surface area contributed by atoms with Crippen molar-refractivity contribution in [2.45, 2.75) is 30.8 Å². The summed E-state index contributed by atoms with van der Waals surface area (Å²) in [4.78, 5) is 50.8. The summed E-state index contributed by atoms with van der Waals surface area (Å²) in [5.74, 6) is 1.11. The molecule has 0 aliphatic heterocycles. The van der Waals surface area contributed by atoms with Gasteiger partial charge in [-0.2, -0.15) is 0 Å². The van der Waals surface area contributed by atoms with Gasteiger partial charge < -0.3 is 77.3 Å². The highest BCUT2D eigenvalue weighted by Crippen LogP contribution is 2.39. The predicted octanol–water partition coefficient (Wildman–Crippen LogP) is 9.60. The molecule has 0 aliphatic carbocycles. The minimum Gasteiger partial charge on any atom is -0.497 e. The van der Waals surface area contributed by atoms with E-state index in [1.807, 2.05) is 0 Å². The summed E-state index contributed by atoms with van der Waals surface area (Å²) in [6.07, 6.45) is 6.23. The molecule has 0 aromatic heterocycles. The van der Waals surface area contributed by atoms with Gasteiger partial charge in [0.15, 0.2) is 0 Å². The van der Waals surface area contributed by atoms with E-state index < -0.39 is 61.5 Å². The fourth-order valence-corrected chi connectivity index (χ4v) is 9.05. The number of hydrogen-bond acceptors (Lipinski definition) is 20. The number of ether oxygens (including phenoxy) is 12. The molecule has 0 saturated carbocycles. The highest BCUT2D eigenvalue weighted by Gasteiger charge is 2.21. The smallest absolute Gasteiger partial charge is 0.330 e. The van der Waals surface area contributed by atoms with Gasteiger partial charge in [-0.05, 0) is 153 Å². The van der Waals surface area contributed by atoms with E-state index in [4.69, 9.17) is 56.8 Å². The lowest BCUT2D eigenvalue weighted by molar-refractivity contribution is -0.141. The maximum Gasteiger partial charge on any atom is 0.330 e. The molecular formula is C73H72O20. The van der Waals surface area contributed by atoms with Crippen LogP contribution in [0.4, 0.5) is 0 Å². The summed E-state index contributed by atoms with van der Waals surface area (Å²) in [5.41, 5.74) is 4.01. The van der Waals surface area contributed by atoms with Gasteiger partial charge in [-0.3, -0.25) is 0 Å². The zero-order valence-corrected chi connectivity index (χ0v) is 51.6. The Morgan fingerprint density at radius 3 is 0.839 bits per heavy atom. The normalized spacial score (nSPS) is 12.7. The Morgan fingerprint density at radius 2 is 0.570 bits per heavy atom. The van der Waals surface area contributed by atoms with Crippen molar-refractivity contribution < 1.29 is 96.4 Å². The number of aliphatic hydroxyl groups is 4. The summed E-state index contributed by atoms with van der Waals surface area (Å²) in [7, 11) is 6.21. The second-order valence-electron chi connectivity index (χ2n) is 20.8. The van der Waals surface area contributed by atoms with E-state index in [1.54, 1.807) is 210 Å². The van der Waals surface area contributed by atoms with Crippen LogP contribution in [0.5, 0.6) is 46.0 Å². The number of fused-ring (bicyclic) bond motifs is 2. The van der Waals surface area contributed by atoms with Crippen LogP contribution in [0.1, 0.15) is 33.4 Å². The molecule has 4 atom stereocenters. The van der Waals surface area contributed by atoms with Gasteiger partial charge in [0.05, 0.1) is 28.4 Å². The first-order chi connectivity index (χ1) is 45.1. The average Bonchev–Trinajstić information content (AvgIpc) is 0.785. The molecule has 8 aromatic carbocycles. The Morgan fingerprint density at radius 1 is 0.323 bits per heavy atom. The maximum absolute atomic E-state index is 12.8. The van der Waals surface area contributed by atoms with Gasteiger partial charge in [-0.25, -0.2) is 19.2 Å². The predicted molar refractivity (Wildman–Crippen MR) is 349 cm³/mol. The van der Waals surface area contributed by atoms with Crippen LogP contribution >= 0.6 is 0 Å². The van der Waals surface area contributed by atoms with Crippen LogP contribution in [0.2, 0.25) is 0 Å². The second kappa shape index (κ2) is 35.1. The minimum absolute atomic E-state index is 0.0277. The van der Waals surface area contributed by atoms with E-state index in [2.05, 4.69) is 0 Å². The van der Waals surface area contributed by atoms with Gasteiger partial charge in [0, 0.05) is 41.9 Å². The summed E-state index contributed by atoms with van der Waals surface area (Å²) in [6, 6.07) is 45.7. The van der Waals surface area contributed by atoms with Crippen LogP contribution in [-0.4, -0.2) is 150 Å². The number of aliphatic hydroxyl groups excluding tert-OH is 4. The van der Waals surface area contributed by atoms with Crippen molar-refractivity contribution in [2.75, 3.05) is 81.3 Å². The molecular weight excluding hydrogens is 1200 g/mol. The molecule has 0 bridgehead atoms. The molecule has 0 heterocycles. The molecule has 20 heteroatoms. The summed E-state index contributed by atoms with van der Waals surface area (Å²) >= 11 is 0. The summed E-state index contributed by atoms with van der Waals surface area (Å²) < 4.78 is 67.2. The van der Waals surface area contributed by atoms with Gasteiger partial charge in [-0.15, -0.1) is 0 Å². The number of carbonyl (C=O) groups excluding carboxylic acids is 4. The van der Waals surface area contributed by atoms with Crippen molar-refractivity contribution in [1.82, 2.24) is 0 Å². The van der Waals surface area contributed by atoms with Gasteiger partial charge in [0.25, 0.3) is 0 Å². The first kappa shape index (κ1) is 68.3. The molecule has 0 spiro atoms. The Hall–Kier alpha value is -10.6. The Bertz CT molecular complexity index is 3610. The number of benzene rings is 8. The molecule has 0 fully saturated rings. The largest absolute Gasteiger partial charge is 0.497 e. The van der Waals surface area contributed by atoms with Crippen LogP contribution in [0.3, 0.4) is 0 Å². The molecule has 4 unspecified atom stereocenters. The van der Waals surface area contributed by atoms with E-state index >= 15 is 0 Å². The Kier molecular flexibility index (Phi) is 25.8. The number of hydrogen-bond donors (Lipinski definition) is 4. The Labute approximate surface area is 537 Å². The number of methoxy groups -OCH3 is 4. The number of esters is 4. The molecule has 4 N–H and O–H groups in total. The third kappa shape index (κ3) is 21.8.